The minimum Gasteiger partial charge on any atom is -0.480 e. The molecule has 3 aromatic carbocycles. The van der Waals surface area contributed by atoms with Gasteiger partial charge in [-0.1, -0.05) is 60.7 Å². The van der Waals surface area contributed by atoms with Crippen LogP contribution in [-0.2, 0) is 31.6 Å². The molecule has 2 atom stereocenters. The molecule has 4 aromatic rings. The maximum absolute atomic E-state index is 13.0. The lowest BCUT2D eigenvalue weighted by Crippen LogP contribution is -2.42. The highest BCUT2D eigenvalue weighted by Crippen LogP contribution is 2.45. The minimum atomic E-state index is -3.88. The highest BCUT2D eigenvalue weighted by atomic mass is 31.2. The maximum atomic E-state index is 13.0. The predicted octanol–water partition coefficient (Wildman–Crippen LogP) is 5.65. The van der Waals surface area contributed by atoms with Crippen molar-refractivity contribution in [3.05, 3.63) is 117 Å². The van der Waals surface area contributed by atoms with Gasteiger partial charge < -0.3 is 24.1 Å². The van der Waals surface area contributed by atoms with Gasteiger partial charge in [0.1, 0.15) is 35.7 Å². The number of hydrogen-bond acceptors (Lipinski definition) is 9. The van der Waals surface area contributed by atoms with Crippen molar-refractivity contribution in [1.29, 1.82) is 0 Å². The van der Waals surface area contributed by atoms with Gasteiger partial charge in [-0.25, -0.2) is 19.2 Å². The van der Waals surface area contributed by atoms with Gasteiger partial charge >= 0.3 is 25.7 Å². The lowest BCUT2D eigenvalue weighted by atomic mass is 9.98. The molecular weight excluding hydrogens is 593 g/mol. The van der Waals surface area contributed by atoms with Crippen molar-refractivity contribution in [2.75, 3.05) is 13.7 Å². The van der Waals surface area contributed by atoms with Crippen LogP contribution in [0.3, 0.4) is 0 Å². The van der Waals surface area contributed by atoms with E-state index in [0.717, 1.165) is 28.3 Å². The lowest BCUT2D eigenvalue weighted by molar-refractivity contribution is -0.402. The van der Waals surface area contributed by atoms with E-state index >= 15 is 0 Å². The van der Waals surface area contributed by atoms with Gasteiger partial charge in [0.05, 0.1) is 6.07 Å². The second-order valence-corrected chi connectivity index (χ2v) is 11.7. The summed E-state index contributed by atoms with van der Waals surface area (Å²) < 4.78 is 34.2. The molecule has 44 heavy (non-hydrogen) atoms. The Morgan fingerprint density at radius 3 is 2.20 bits per heavy atom. The number of rotatable bonds is 13. The number of carboxylic acid groups (broad SMARTS) is 1. The second-order valence-electron chi connectivity index (χ2n) is 9.79. The second kappa shape index (κ2) is 13.1. The van der Waals surface area contributed by atoms with E-state index in [9.17, 15) is 29.4 Å². The van der Waals surface area contributed by atoms with Gasteiger partial charge in [0, 0.05) is 12.3 Å². The van der Waals surface area contributed by atoms with E-state index in [1.165, 1.54) is 25.2 Å². The minimum absolute atomic E-state index is 0.0443. The van der Waals surface area contributed by atoms with Gasteiger partial charge in [-0.15, -0.1) is 0 Å². The first-order chi connectivity index (χ1) is 21.2. The average molecular weight is 622 g/mol. The van der Waals surface area contributed by atoms with Crippen LogP contribution in [0.5, 0.6) is 5.75 Å². The summed E-state index contributed by atoms with van der Waals surface area (Å²) in [4.78, 5) is 34.7. The third kappa shape index (κ3) is 6.97. The number of nitrogens with one attached hydrogen (secondary N) is 2. The summed E-state index contributed by atoms with van der Waals surface area (Å²) in [6, 6.07) is 23.0. The normalized spacial score (nSPS) is 14.1. The molecule has 0 saturated carbocycles. The number of aliphatic carboxylic acids is 1. The van der Waals surface area contributed by atoms with Gasteiger partial charge in [-0.05, 0) is 53.1 Å². The Balaban J connectivity index is 1.16. The SMILES string of the molecule is CNP(=O)(OCc1ccc([N+](=O)[O-])o1)Oc1ccc(C[C@H](NC(=O)OCC2c3ccccc3-c3ccccc32)C(=O)O)cc1. The van der Waals surface area contributed by atoms with E-state index in [-0.39, 0.29) is 37.1 Å². The molecule has 0 saturated heterocycles. The van der Waals surface area contributed by atoms with Gasteiger partial charge in [0.15, 0.2) is 0 Å². The number of amides is 1. The summed E-state index contributed by atoms with van der Waals surface area (Å²) in [5, 5.41) is 25.4. The number of fused-ring (bicyclic) bond motifs is 3. The smallest absolute Gasteiger partial charge is 0.458 e. The summed E-state index contributed by atoms with van der Waals surface area (Å²) in [7, 11) is -2.53. The largest absolute Gasteiger partial charge is 0.480 e. The molecule has 0 spiro atoms. The van der Waals surface area contributed by atoms with Crippen LogP contribution < -0.4 is 14.9 Å². The molecule has 1 amide bonds. The number of furan rings is 1. The van der Waals surface area contributed by atoms with Crippen LogP contribution in [0.1, 0.15) is 28.4 Å². The van der Waals surface area contributed by atoms with Crippen molar-refractivity contribution in [3.8, 4) is 16.9 Å². The van der Waals surface area contributed by atoms with Crippen LogP contribution in [0.15, 0.2) is 89.3 Å². The van der Waals surface area contributed by atoms with Crippen LogP contribution >= 0.6 is 7.75 Å². The van der Waals surface area contributed by atoms with E-state index in [4.69, 9.17) is 18.2 Å². The quantitative estimate of drug-likeness (QED) is 0.0954. The molecule has 3 N–H and O–H groups in total. The van der Waals surface area contributed by atoms with Crippen molar-refractivity contribution < 1.29 is 42.4 Å². The fraction of sp³-hybridized carbons (Fsp3) is 0.200. The summed E-state index contributed by atoms with van der Waals surface area (Å²) in [6.07, 6.45) is -0.912. The molecule has 1 aliphatic rings. The third-order valence-corrected chi connectivity index (χ3v) is 8.47. The first-order valence-electron chi connectivity index (χ1n) is 13.5. The Hall–Kier alpha value is -4.97. The maximum Gasteiger partial charge on any atom is 0.458 e. The van der Waals surface area contributed by atoms with E-state index < -0.39 is 36.7 Å². The number of nitrogens with zero attached hydrogens (tertiary/aromatic N) is 1. The number of nitro groups is 1. The zero-order chi connectivity index (χ0) is 31.3. The fourth-order valence-corrected chi connectivity index (χ4v) is 5.84. The van der Waals surface area contributed by atoms with Crippen molar-refractivity contribution in [2.24, 2.45) is 0 Å². The Kier molecular flexibility index (Phi) is 9.09. The summed E-state index contributed by atoms with van der Waals surface area (Å²) >= 11 is 0. The van der Waals surface area contributed by atoms with Gasteiger partial charge in [0.2, 0.25) is 0 Å². The molecule has 1 heterocycles. The van der Waals surface area contributed by atoms with E-state index in [2.05, 4.69) is 10.4 Å². The van der Waals surface area contributed by atoms with Gasteiger partial charge in [-0.3, -0.25) is 14.6 Å². The summed E-state index contributed by atoms with van der Waals surface area (Å²) in [5.74, 6) is -1.67. The molecule has 13 nitrogen and oxygen atoms in total. The number of carbonyl (C=O) groups excluding carboxylic acids is 1. The molecule has 1 aliphatic carbocycles. The van der Waals surface area contributed by atoms with Crippen molar-refractivity contribution in [3.63, 3.8) is 0 Å². The number of ether oxygens (including phenoxy) is 1. The highest BCUT2D eigenvalue weighted by Gasteiger charge is 2.30. The molecule has 0 radical (unpaired) electrons. The number of hydrogen-bond donors (Lipinski definition) is 3. The molecule has 14 heteroatoms. The molecule has 1 unspecified atom stereocenters. The number of carboxylic acids is 1. The Morgan fingerprint density at radius 2 is 1.64 bits per heavy atom. The summed E-state index contributed by atoms with van der Waals surface area (Å²) in [5.41, 5.74) is 4.78. The van der Waals surface area contributed by atoms with Crippen molar-refractivity contribution in [1.82, 2.24) is 10.4 Å². The van der Waals surface area contributed by atoms with Crippen LogP contribution in [0.2, 0.25) is 0 Å². The molecule has 228 valence electrons. The standard InChI is InChI=1S/C30H28N3O10P/c1-31-44(39,41-17-21-14-15-28(42-21)33(37)38)43-20-12-10-19(11-13-20)16-27(29(34)35)32-30(36)40-18-26-24-8-4-2-6-22(24)23-7-3-5-9-25(23)26/h2-15,26-27H,16-18H2,1H3,(H,31,39)(H,32,36)(H,34,35)/t27-,44?/m0/s1. The van der Waals surface area contributed by atoms with Gasteiger partial charge in [0.25, 0.3) is 0 Å². The van der Waals surface area contributed by atoms with Crippen LogP contribution in [0.4, 0.5) is 10.7 Å². The Bertz CT molecular complexity index is 1680. The monoisotopic (exact) mass is 621 g/mol. The molecule has 1 aromatic heterocycles. The first-order valence-corrected chi connectivity index (χ1v) is 15.0. The van der Waals surface area contributed by atoms with E-state index in [1.54, 1.807) is 12.1 Å². The number of carbonyl (C=O) groups is 2. The molecular formula is C30H28N3O10P. The highest BCUT2D eigenvalue weighted by molar-refractivity contribution is 7.52. The predicted molar refractivity (Wildman–Crippen MR) is 157 cm³/mol. The van der Waals surface area contributed by atoms with Crippen LogP contribution in [0, 0.1) is 10.1 Å². The van der Waals surface area contributed by atoms with Crippen molar-refractivity contribution in [2.45, 2.75) is 25.0 Å². The first kappa shape index (κ1) is 30.5. The number of benzene rings is 3. The average Bonchev–Trinajstić information content (AvgIpc) is 3.63. The van der Waals surface area contributed by atoms with Crippen LogP contribution in [-0.4, -0.2) is 41.8 Å². The molecule has 0 fully saturated rings. The molecule has 0 aliphatic heterocycles. The Morgan fingerprint density at radius 1 is 1.00 bits per heavy atom. The van der Waals surface area contributed by atoms with E-state index in [1.807, 2.05) is 48.5 Å². The van der Waals surface area contributed by atoms with Crippen LogP contribution in [0.25, 0.3) is 11.1 Å². The number of alkyl carbamates (subject to hydrolysis) is 1. The summed E-state index contributed by atoms with van der Waals surface area (Å²) in [6.45, 7) is -0.311. The molecule has 0 bridgehead atoms. The Labute approximate surface area is 251 Å². The zero-order valence-electron chi connectivity index (χ0n) is 23.4. The topological polar surface area (TPSA) is 179 Å². The lowest BCUT2D eigenvalue weighted by Gasteiger charge is -2.19. The van der Waals surface area contributed by atoms with E-state index in [0.29, 0.717) is 5.56 Å². The third-order valence-electron chi connectivity index (χ3n) is 7.00. The zero-order valence-corrected chi connectivity index (χ0v) is 24.3. The fourth-order valence-electron chi connectivity index (χ4n) is 4.87. The van der Waals surface area contributed by atoms with Gasteiger partial charge in [-0.2, -0.15) is 0 Å². The van der Waals surface area contributed by atoms with Crippen molar-refractivity contribution >= 4 is 25.7 Å². The molecule has 5 rings (SSSR count).